The lowest BCUT2D eigenvalue weighted by molar-refractivity contribution is -0.141. The van der Waals surface area contributed by atoms with E-state index in [9.17, 15) is 4.79 Å². The number of amidine groups is 1. The molecule has 0 spiro atoms. The smallest absolute Gasteiger partial charge is 0.236 e. The maximum atomic E-state index is 13.1. The van der Waals surface area contributed by atoms with Crippen molar-refractivity contribution in [1.29, 1.82) is 0 Å². The Labute approximate surface area is 122 Å². The molecule has 1 saturated carbocycles. The maximum absolute atomic E-state index is 13.1. The van der Waals surface area contributed by atoms with E-state index in [2.05, 4.69) is 12.1 Å². The van der Waals surface area contributed by atoms with Crippen molar-refractivity contribution in [3.63, 3.8) is 0 Å². The van der Waals surface area contributed by atoms with Gasteiger partial charge in [0.05, 0.1) is 0 Å². The Morgan fingerprint density at radius 2 is 1.85 bits per heavy atom. The fraction of sp³-hybridized carbons (Fsp3) is 0.867. The molecule has 5 heteroatoms. The van der Waals surface area contributed by atoms with Gasteiger partial charge in [-0.15, -0.1) is 0 Å². The molecule has 1 amide bonds. The number of nitrogens with two attached hydrogens (primary N) is 1. The highest BCUT2D eigenvalue weighted by Gasteiger charge is 2.45. The summed E-state index contributed by atoms with van der Waals surface area (Å²) >= 11 is 0. The molecule has 0 aromatic carbocycles. The van der Waals surface area contributed by atoms with Gasteiger partial charge in [0.1, 0.15) is 5.41 Å². The Morgan fingerprint density at radius 3 is 2.25 bits per heavy atom. The number of carbonyl (C=O) groups is 1. The third-order valence-electron chi connectivity index (χ3n) is 4.31. The van der Waals surface area contributed by atoms with Crippen molar-refractivity contribution in [3.05, 3.63) is 0 Å². The van der Waals surface area contributed by atoms with Gasteiger partial charge in [-0.25, -0.2) is 0 Å². The Kier molecular flexibility index (Phi) is 6.30. The number of amides is 1. The monoisotopic (exact) mass is 283 g/mol. The van der Waals surface area contributed by atoms with Crippen LogP contribution in [-0.2, 0) is 4.79 Å². The van der Waals surface area contributed by atoms with Gasteiger partial charge < -0.3 is 15.8 Å². The number of hydrogen-bond donors (Lipinski definition) is 2. The van der Waals surface area contributed by atoms with Crippen LogP contribution in [0.15, 0.2) is 5.16 Å². The van der Waals surface area contributed by atoms with Crippen LogP contribution in [0, 0.1) is 5.41 Å². The van der Waals surface area contributed by atoms with Gasteiger partial charge in [-0.05, 0) is 33.1 Å². The van der Waals surface area contributed by atoms with Crippen molar-refractivity contribution < 1.29 is 10.0 Å². The quantitative estimate of drug-likeness (QED) is 0.268. The van der Waals surface area contributed by atoms with E-state index in [4.69, 9.17) is 10.9 Å². The van der Waals surface area contributed by atoms with Crippen LogP contribution in [-0.4, -0.2) is 34.4 Å². The minimum Gasteiger partial charge on any atom is -0.409 e. The SMILES string of the molecule is CCCN(C(=O)C1(C(N)=NO)CCCCCC1)C(C)C. The van der Waals surface area contributed by atoms with Crippen molar-refractivity contribution in [2.24, 2.45) is 16.3 Å². The zero-order valence-corrected chi connectivity index (χ0v) is 13.1. The summed E-state index contributed by atoms with van der Waals surface area (Å²) in [5.74, 6) is 0.123. The molecule has 1 rings (SSSR count). The lowest BCUT2D eigenvalue weighted by atomic mass is 9.77. The van der Waals surface area contributed by atoms with E-state index in [-0.39, 0.29) is 17.8 Å². The lowest BCUT2D eigenvalue weighted by Crippen LogP contribution is -2.53. The van der Waals surface area contributed by atoms with Gasteiger partial charge in [-0.1, -0.05) is 37.8 Å². The molecule has 1 aliphatic carbocycles. The number of oxime groups is 1. The molecular formula is C15H29N3O2. The third kappa shape index (κ3) is 3.44. The van der Waals surface area contributed by atoms with Crippen molar-refractivity contribution >= 4 is 11.7 Å². The topological polar surface area (TPSA) is 78.9 Å². The highest BCUT2D eigenvalue weighted by atomic mass is 16.4. The molecule has 0 bridgehead atoms. The molecule has 0 radical (unpaired) electrons. The van der Waals surface area contributed by atoms with E-state index >= 15 is 0 Å². The predicted molar refractivity (Wildman–Crippen MR) is 80.7 cm³/mol. The van der Waals surface area contributed by atoms with E-state index in [0.717, 1.165) is 38.6 Å². The Balaban J connectivity index is 3.11. The van der Waals surface area contributed by atoms with Crippen molar-refractivity contribution in [3.8, 4) is 0 Å². The Hall–Kier alpha value is -1.26. The number of nitrogens with zero attached hydrogens (tertiary/aromatic N) is 2. The van der Waals surface area contributed by atoms with Crippen molar-refractivity contribution in [2.75, 3.05) is 6.54 Å². The second-order valence-corrected chi connectivity index (χ2v) is 6.07. The second kappa shape index (κ2) is 7.50. The molecule has 0 heterocycles. The first-order valence-corrected chi connectivity index (χ1v) is 7.78. The van der Waals surface area contributed by atoms with Crippen LogP contribution in [0.2, 0.25) is 0 Å². The molecule has 116 valence electrons. The zero-order valence-electron chi connectivity index (χ0n) is 13.1. The number of carbonyl (C=O) groups excluding carboxylic acids is 1. The van der Waals surface area contributed by atoms with Gasteiger partial charge in [0.25, 0.3) is 0 Å². The summed E-state index contributed by atoms with van der Waals surface area (Å²) in [7, 11) is 0. The van der Waals surface area contributed by atoms with Crippen LogP contribution in [0.5, 0.6) is 0 Å². The minimum atomic E-state index is -0.801. The van der Waals surface area contributed by atoms with Crippen molar-refractivity contribution in [2.45, 2.75) is 71.8 Å². The summed E-state index contributed by atoms with van der Waals surface area (Å²) in [6, 6.07) is 0.133. The molecule has 0 saturated heterocycles. The highest BCUT2D eigenvalue weighted by Crippen LogP contribution is 2.37. The van der Waals surface area contributed by atoms with Gasteiger partial charge in [-0.3, -0.25) is 4.79 Å². The fourth-order valence-corrected chi connectivity index (χ4v) is 3.12. The summed E-state index contributed by atoms with van der Waals surface area (Å²) in [6.45, 7) is 6.82. The van der Waals surface area contributed by atoms with Crippen LogP contribution >= 0.6 is 0 Å². The summed E-state index contributed by atoms with van der Waals surface area (Å²) in [5, 5.41) is 12.3. The summed E-state index contributed by atoms with van der Waals surface area (Å²) in [6.07, 6.45) is 6.44. The van der Waals surface area contributed by atoms with Gasteiger partial charge in [-0.2, -0.15) is 0 Å². The van der Waals surface area contributed by atoms with E-state index in [0.29, 0.717) is 12.8 Å². The van der Waals surface area contributed by atoms with E-state index in [1.165, 1.54) is 0 Å². The van der Waals surface area contributed by atoms with Gasteiger partial charge >= 0.3 is 0 Å². The second-order valence-electron chi connectivity index (χ2n) is 6.07. The average molecular weight is 283 g/mol. The van der Waals surface area contributed by atoms with E-state index in [1.807, 2.05) is 18.7 Å². The standard InChI is InChI=1S/C15H29N3O2/c1-4-11-18(12(2)3)14(19)15(13(16)17-20)9-7-5-6-8-10-15/h12,20H,4-11H2,1-3H3,(H2,16,17). The van der Waals surface area contributed by atoms with E-state index in [1.54, 1.807) is 0 Å². The van der Waals surface area contributed by atoms with Crippen LogP contribution in [0.3, 0.4) is 0 Å². The predicted octanol–water partition coefficient (Wildman–Crippen LogP) is 2.72. The first-order chi connectivity index (χ1) is 9.49. The largest absolute Gasteiger partial charge is 0.409 e. The normalized spacial score (nSPS) is 19.7. The summed E-state index contributed by atoms with van der Waals surface area (Å²) < 4.78 is 0. The fourth-order valence-electron chi connectivity index (χ4n) is 3.12. The average Bonchev–Trinajstić information content (AvgIpc) is 2.69. The van der Waals surface area contributed by atoms with Crippen LogP contribution in [0.4, 0.5) is 0 Å². The van der Waals surface area contributed by atoms with E-state index < -0.39 is 5.41 Å². The maximum Gasteiger partial charge on any atom is 0.236 e. The van der Waals surface area contributed by atoms with Gasteiger partial charge in [0, 0.05) is 12.6 Å². The summed E-state index contributed by atoms with van der Waals surface area (Å²) in [5.41, 5.74) is 5.14. The number of hydrogen-bond acceptors (Lipinski definition) is 3. The number of rotatable bonds is 5. The minimum absolute atomic E-state index is 0.0338. The molecule has 0 aromatic rings. The molecule has 20 heavy (non-hydrogen) atoms. The van der Waals surface area contributed by atoms with Crippen LogP contribution < -0.4 is 5.73 Å². The van der Waals surface area contributed by atoms with Crippen molar-refractivity contribution in [1.82, 2.24) is 4.90 Å². The van der Waals surface area contributed by atoms with Crippen LogP contribution in [0.25, 0.3) is 0 Å². The van der Waals surface area contributed by atoms with Gasteiger partial charge in [0.15, 0.2) is 5.84 Å². The zero-order chi connectivity index (χ0) is 15.2. The molecule has 0 atom stereocenters. The molecular weight excluding hydrogens is 254 g/mol. The molecule has 1 fully saturated rings. The molecule has 0 aliphatic heterocycles. The summed E-state index contributed by atoms with van der Waals surface area (Å²) in [4.78, 5) is 14.9. The molecule has 0 aromatic heterocycles. The molecule has 3 N–H and O–H groups in total. The highest BCUT2D eigenvalue weighted by molar-refractivity contribution is 6.06. The molecule has 0 unspecified atom stereocenters. The lowest BCUT2D eigenvalue weighted by Gasteiger charge is -2.37. The third-order valence-corrected chi connectivity index (χ3v) is 4.31. The Morgan fingerprint density at radius 1 is 1.30 bits per heavy atom. The molecule has 5 nitrogen and oxygen atoms in total. The first-order valence-electron chi connectivity index (χ1n) is 7.78. The van der Waals surface area contributed by atoms with Crippen LogP contribution in [0.1, 0.15) is 65.7 Å². The molecule has 1 aliphatic rings. The Bertz CT molecular complexity index is 345. The first kappa shape index (κ1) is 16.8. The van der Waals surface area contributed by atoms with Gasteiger partial charge in [0.2, 0.25) is 5.91 Å².